The maximum absolute atomic E-state index is 10.8. The Morgan fingerprint density at radius 2 is 1.42 bits per heavy atom. The SMILES string of the molecule is O=C(O)CC(NCCNCCNCCNC(CCOO)COO)C(=O)O. The summed E-state index contributed by atoms with van der Waals surface area (Å²) in [6.07, 6.45) is 0.0292. The summed E-state index contributed by atoms with van der Waals surface area (Å²) in [7, 11) is 0. The molecular formula is C14H30N4O8. The lowest BCUT2D eigenvalue weighted by atomic mass is 10.2. The van der Waals surface area contributed by atoms with Crippen LogP contribution in [0.5, 0.6) is 0 Å². The quantitative estimate of drug-likeness (QED) is 0.0700. The van der Waals surface area contributed by atoms with Gasteiger partial charge in [0.1, 0.15) is 6.04 Å². The molecule has 0 aliphatic carbocycles. The average molecular weight is 382 g/mol. The molecule has 0 fully saturated rings. The molecule has 0 saturated heterocycles. The van der Waals surface area contributed by atoms with Crippen molar-refractivity contribution in [3.8, 4) is 0 Å². The van der Waals surface area contributed by atoms with Crippen molar-refractivity contribution in [3.63, 3.8) is 0 Å². The molecule has 26 heavy (non-hydrogen) atoms. The van der Waals surface area contributed by atoms with E-state index >= 15 is 0 Å². The molecule has 12 heteroatoms. The Hall–Kier alpha value is -1.38. The molecule has 0 aliphatic rings. The first kappa shape index (κ1) is 24.6. The molecule has 0 heterocycles. The minimum absolute atomic E-state index is 0.0944. The summed E-state index contributed by atoms with van der Waals surface area (Å²) in [5, 5.41) is 46.3. The maximum Gasteiger partial charge on any atom is 0.321 e. The molecule has 0 aromatic carbocycles. The van der Waals surface area contributed by atoms with Gasteiger partial charge in [-0.2, -0.15) is 0 Å². The van der Waals surface area contributed by atoms with Crippen LogP contribution in [0.1, 0.15) is 12.8 Å². The van der Waals surface area contributed by atoms with Gasteiger partial charge in [0.25, 0.3) is 0 Å². The van der Waals surface area contributed by atoms with Gasteiger partial charge in [0.2, 0.25) is 0 Å². The minimum atomic E-state index is -1.18. The third kappa shape index (κ3) is 14.9. The van der Waals surface area contributed by atoms with Gasteiger partial charge in [0, 0.05) is 45.3 Å². The van der Waals surface area contributed by atoms with Crippen LogP contribution in [0.2, 0.25) is 0 Å². The molecule has 0 saturated carbocycles. The van der Waals surface area contributed by atoms with E-state index in [0.717, 1.165) is 0 Å². The Balaban J connectivity index is 3.55. The zero-order chi connectivity index (χ0) is 19.6. The van der Waals surface area contributed by atoms with E-state index in [0.29, 0.717) is 45.7 Å². The third-order valence-corrected chi connectivity index (χ3v) is 3.42. The summed E-state index contributed by atoms with van der Waals surface area (Å²) >= 11 is 0. The van der Waals surface area contributed by atoms with E-state index in [1.807, 2.05) is 0 Å². The number of carboxylic acid groups (broad SMARTS) is 2. The van der Waals surface area contributed by atoms with Crippen LogP contribution in [0.4, 0.5) is 0 Å². The molecular weight excluding hydrogens is 352 g/mol. The average Bonchev–Trinajstić information content (AvgIpc) is 2.59. The maximum atomic E-state index is 10.8. The molecule has 0 spiro atoms. The highest BCUT2D eigenvalue weighted by Crippen LogP contribution is 1.93. The van der Waals surface area contributed by atoms with Crippen LogP contribution < -0.4 is 21.3 Å². The molecule has 0 aromatic heterocycles. The highest BCUT2D eigenvalue weighted by atomic mass is 17.1. The first-order chi connectivity index (χ1) is 12.5. The lowest BCUT2D eigenvalue weighted by molar-refractivity contribution is -0.257. The van der Waals surface area contributed by atoms with Crippen LogP contribution in [0.25, 0.3) is 0 Å². The molecule has 2 atom stereocenters. The topological polar surface area (TPSA) is 182 Å². The molecule has 154 valence electrons. The number of nitrogens with one attached hydrogen (secondary N) is 4. The highest BCUT2D eigenvalue weighted by molar-refractivity contribution is 5.80. The standard InChI is InChI=1S/C14H30N4O8/c19-13(20)9-12(14(21)22)18-7-5-16-3-2-15-4-6-17-11(10-26-24)1-8-25-23/h11-12,15-18,23-24H,1-10H2,(H,19,20)(H,21,22). The van der Waals surface area contributed by atoms with Crippen LogP contribution in [-0.2, 0) is 19.4 Å². The van der Waals surface area contributed by atoms with Gasteiger partial charge < -0.3 is 31.5 Å². The van der Waals surface area contributed by atoms with Crippen molar-refractivity contribution in [1.29, 1.82) is 0 Å². The summed E-state index contributed by atoms with van der Waals surface area (Å²) in [4.78, 5) is 29.5. The van der Waals surface area contributed by atoms with Crippen molar-refractivity contribution in [2.24, 2.45) is 0 Å². The summed E-state index contributed by atoms with van der Waals surface area (Å²) in [6, 6.07) is -1.23. The van der Waals surface area contributed by atoms with Crippen molar-refractivity contribution in [3.05, 3.63) is 0 Å². The fourth-order valence-corrected chi connectivity index (χ4v) is 2.08. The fourth-order valence-electron chi connectivity index (χ4n) is 2.08. The number of rotatable bonds is 19. The molecule has 0 aliphatic heterocycles. The second kappa shape index (κ2) is 17.1. The summed E-state index contributed by atoms with van der Waals surface area (Å²) in [5.74, 6) is -2.34. The Labute approximate surface area is 151 Å². The van der Waals surface area contributed by atoms with Gasteiger partial charge in [0.05, 0.1) is 19.6 Å². The van der Waals surface area contributed by atoms with Gasteiger partial charge in [-0.25, -0.2) is 9.78 Å². The van der Waals surface area contributed by atoms with Gasteiger partial charge in [-0.1, -0.05) is 0 Å². The molecule has 0 aromatic rings. The summed E-state index contributed by atoms with van der Waals surface area (Å²) < 4.78 is 0. The van der Waals surface area contributed by atoms with E-state index in [1.54, 1.807) is 0 Å². The van der Waals surface area contributed by atoms with Crippen LogP contribution in [-0.4, -0.2) is 97.2 Å². The van der Waals surface area contributed by atoms with Crippen molar-refractivity contribution >= 4 is 11.9 Å². The molecule has 8 N–H and O–H groups in total. The zero-order valence-electron chi connectivity index (χ0n) is 14.6. The smallest absolute Gasteiger partial charge is 0.321 e. The number of hydrogen-bond donors (Lipinski definition) is 8. The predicted molar refractivity (Wildman–Crippen MR) is 91.0 cm³/mol. The number of hydrogen-bond acceptors (Lipinski definition) is 10. The van der Waals surface area contributed by atoms with Crippen LogP contribution in [0, 0.1) is 0 Å². The second-order valence-electron chi connectivity index (χ2n) is 5.51. The third-order valence-electron chi connectivity index (χ3n) is 3.42. The molecule has 12 nitrogen and oxygen atoms in total. The lowest BCUT2D eigenvalue weighted by Gasteiger charge is -2.16. The Kier molecular flexibility index (Phi) is 16.1. The molecule has 0 bridgehead atoms. The highest BCUT2D eigenvalue weighted by Gasteiger charge is 2.19. The molecule has 0 radical (unpaired) electrons. The number of carbonyl (C=O) groups is 2. The van der Waals surface area contributed by atoms with E-state index in [4.69, 9.17) is 20.7 Å². The van der Waals surface area contributed by atoms with Gasteiger partial charge >= 0.3 is 11.9 Å². The zero-order valence-corrected chi connectivity index (χ0v) is 14.6. The van der Waals surface area contributed by atoms with Gasteiger partial charge in [-0.3, -0.25) is 20.1 Å². The number of carboxylic acids is 2. The van der Waals surface area contributed by atoms with Gasteiger partial charge in [-0.05, 0) is 6.42 Å². The van der Waals surface area contributed by atoms with Crippen molar-refractivity contribution < 1.29 is 40.1 Å². The summed E-state index contributed by atoms with van der Waals surface area (Å²) in [6.45, 7) is 3.78. The first-order valence-corrected chi connectivity index (χ1v) is 8.36. The largest absolute Gasteiger partial charge is 0.481 e. The lowest BCUT2D eigenvalue weighted by Crippen LogP contribution is -2.43. The Morgan fingerprint density at radius 1 is 0.846 bits per heavy atom. The molecule has 2 unspecified atom stereocenters. The van der Waals surface area contributed by atoms with Gasteiger partial charge in [0.15, 0.2) is 0 Å². The molecule has 0 rings (SSSR count). The van der Waals surface area contributed by atoms with E-state index in [9.17, 15) is 9.59 Å². The van der Waals surface area contributed by atoms with Crippen molar-refractivity contribution in [2.45, 2.75) is 24.9 Å². The normalized spacial score (nSPS) is 13.5. The minimum Gasteiger partial charge on any atom is -0.481 e. The second-order valence-corrected chi connectivity index (χ2v) is 5.51. The van der Waals surface area contributed by atoms with E-state index in [-0.39, 0.29) is 19.3 Å². The van der Waals surface area contributed by atoms with Crippen molar-refractivity contribution in [2.75, 3.05) is 52.5 Å². The number of aliphatic carboxylic acids is 2. The van der Waals surface area contributed by atoms with Crippen molar-refractivity contribution in [1.82, 2.24) is 21.3 Å². The van der Waals surface area contributed by atoms with E-state index in [2.05, 4.69) is 31.0 Å². The predicted octanol–water partition coefficient (Wildman–Crippen LogP) is -1.99. The van der Waals surface area contributed by atoms with Crippen LogP contribution in [0.15, 0.2) is 0 Å². The van der Waals surface area contributed by atoms with E-state index in [1.165, 1.54) is 0 Å². The monoisotopic (exact) mass is 382 g/mol. The Morgan fingerprint density at radius 3 is 1.92 bits per heavy atom. The Bertz CT molecular complexity index is 375. The fraction of sp³-hybridized carbons (Fsp3) is 0.857. The summed E-state index contributed by atoms with van der Waals surface area (Å²) in [5.41, 5.74) is 0. The first-order valence-electron chi connectivity index (χ1n) is 8.36. The van der Waals surface area contributed by atoms with Gasteiger partial charge in [-0.15, -0.1) is 0 Å². The molecule has 0 amide bonds. The van der Waals surface area contributed by atoms with E-state index < -0.39 is 24.4 Å². The van der Waals surface area contributed by atoms with Crippen LogP contribution in [0.3, 0.4) is 0 Å². The van der Waals surface area contributed by atoms with Crippen LogP contribution >= 0.6 is 0 Å².